The number of aromatic nitrogens is 2. The van der Waals surface area contributed by atoms with Gasteiger partial charge in [0.05, 0.1) is 19.3 Å². The molecule has 1 N–H and O–H groups in total. The highest BCUT2D eigenvalue weighted by atomic mass is 16.3. The van der Waals surface area contributed by atoms with Crippen molar-refractivity contribution in [3.63, 3.8) is 0 Å². The van der Waals surface area contributed by atoms with Crippen LogP contribution in [0, 0.1) is 13.8 Å². The maximum absolute atomic E-state index is 8.84. The lowest BCUT2D eigenvalue weighted by Gasteiger charge is -2.05. The molecule has 1 aromatic heterocycles. The zero-order valence-corrected chi connectivity index (χ0v) is 9.64. The van der Waals surface area contributed by atoms with Gasteiger partial charge in [-0.15, -0.1) is 0 Å². The second kappa shape index (κ2) is 4.49. The highest BCUT2D eigenvalue weighted by Gasteiger charge is 2.05. The molecule has 0 aliphatic rings. The van der Waals surface area contributed by atoms with Gasteiger partial charge in [-0.05, 0) is 30.5 Å². The van der Waals surface area contributed by atoms with Crippen molar-refractivity contribution in [1.82, 2.24) is 9.78 Å². The molecule has 1 heterocycles. The zero-order valence-electron chi connectivity index (χ0n) is 9.64. The van der Waals surface area contributed by atoms with Crippen LogP contribution in [0.4, 0.5) is 0 Å². The van der Waals surface area contributed by atoms with Gasteiger partial charge in [-0.25, -0.2) is 0 Å². The first-order valence-electron chi connectivity index (χ1n) is 5.42. The van der Waals surface area contributed by atoms with Gasteiger partial charge in [-0.1, -0.05) is 18.2 Å². The van der Waals surface area contributed by atoms with Gasteiger partial charge in [-0.3, -0.25) is 4.68 Å². The first-order valence-corrected chi connectivity index (χ1v) is 5.42. The number of benzene rings is 1. The summed E-state index contributed by atoms with van der Waals surface area (Å²) in [6, 6.07) is 6.26. The van der Waals surface area contributed by atoms with Crippen LogP contribution in [0.25, 0.3) is 11.1 Å². The maximum atomic E-state index is 8.84. The van der Waals surface area contributed by atoms with Crippen molar-refractivity contribution < 1.29 is 5.11 Å². The molecule has 0 fully saturated rings. The SMILES string of the molecule is Cc1cccc(-c2cnn(CCO)c2)c1C. The van der Waals surface area contributed by atoms with Crippen LogP contribution in [0.5, 0.6) is 0 Å². The molecular weight excluding hydrogens is 200 g/mol. The Morgan fingerprint density at radius 1 is 1.31 bits per heavy atom. The first kappa shape index (κ1) is 10.9. The molecule has 1 aromatic carbocycles. The summed E-state index contributed by atoms with van der Waals surface area (Å²) in [6.07, 6.45) is 3.81. The minimum absolute atomic E-state index is 0.119. The second-order valence-electron chi connectivity index (χ2n) is 3.96. The van der Waals surface area contributed by atoms with Crippen LogP contribution in [-0.2, 0) is 6.54 Å². The summed E-state index contributed by atoms with van der Waals surface area (Å²) in [4.78, 5) is 0. The number of aryl methyl sites for hydroxylation is 1. The van der Waals surface area contributed by atoms with Gasteiger partial charge in [0.2, 0.25) is 0 Å². The third-order valence-corrected chi connectivity index (χ3v) is 2.88. The van der Waals surface area contributed by atoms with Crippen LogP contribution in [-0.4, -0.2) is 21.5 Å². The van der Waals surface area contributed by atoms with Crippen molar-refractivity contribution in [3.05, 3.63) is 41.7 Å². The van der Waals surface area contributed by atoms with Gasteiger partial charge in [0.25, 0.3) is 0 Å². The number of rotatable bonds is 3. The van der Waals surface area contributed by atoms with Crippen LogP contribution in [0.1, 0.15) is 11.1 Å². The average Bonchev–Trinajstić information content (AvgIpc) is 2.71. The van der Waals surface area contributed by atoms with Crippen molar-refractivity contribution in [2.45, 2.75) is 20.4 Å². The van der Waals surface area contributed by atoms with Gasteiger partial charge in [-0.2, -0.15) is 5.10 Å². The van der Waals surface area contributed by atoms with Crippen molar-refractivity contribution in [3.8, 4) is 11.1 Å². The molecular formula is C13H16N2O. The molecule has 0 saturated carbocycles. The average molecular weight is 216 g/mol. The van der Waals surface area contributed by atoms with Crippen LogP contribution in [0.3, 0.4) is 0 Å². The van der Waals surface area contributed by atoms with E-state index in [4.69, 9.17) is 5.11 Å². The summed E-state index contributed by atoms with van der Waals surface area (Å²) >= 11 is 0. The van der Waals surface area contributed by atoms with Gasteiger partial charge < -0.3 is 5.11 Å². The third-order valence-electron chi connectivity index (χ3n) is 2.88. The normalized spacial score (nSPS) is 10.7. The van der Waals surface area contributed by atoms with Crippen molar-refractivity contribution in [2.75, 3.05) is 6.61 Å². The second-order valence-corrected chi connectivity index (χ2v) is 3.96. The molecule has 0 aliphatic heterocycles. The highest BCUT2D eigenvalue weighted by molar-refractivity contribution is 5.67. The number of hydrogen-bond donors (Lipinski definition) is 1. The number of hydrogen-bond acceptors (Lipinski definition) is 2. The Morgan fingerprint density at radius 3 is 2.88 bits per heavy atom. The smallest absolute Gasteiger partial charge is 0.0641 e. The number of aliphatic hydroxyl groups is 1. The van der Waals surface area contributed by atoms with Crippen molar-refractivity contribution >= 4 is 0 Å². The summed E-state index contributed by atoms with van der Waals surface area (Å²) in [5.41, 5.74) is 4.89. The van der Waals surface area contributed by atoms with E-state index in [1.165, 1.54) is 16.7 Å². The van der Waals surface area contributed by atoms with Gasteiger partial charge in [0.1, 0.15) is 0 Å². The van der Waals surface area contributed by atoms with E-state index in [-0.39, 0.29) is 6.61 Å². The Bertz CT molecular complexity index is 488. The molecule has 0 aliphatic carbocycles. The summed E-state index contributed by atoms with van der Waals surface area (Å²) in [5, 5.41) is 13.0. The minimum atomic E-state index is 0.119. The molecule has 0 amide bonds. The predicted molar refractivity (Wildman–Crippen MR) is 64.2 cm³/mol. The van der Waals surface area contributed by atoms with E-state index in [1.807, 2.05) is 12.4 Å². The van der Waals surface area contributed by atoms with Crippen LogP contribution in [0.2, 0.25) is 0 Å². The Labute approximate surface area is 95.3 Å². The quantitative estimate of drug-likeness (QED) is 0.853. The maximum Gasteiger partial charge on any atom is 0.0641 e. The van der Waals surface area contributed by atoms with E-state index in [1.54, 1.807) is 4.68 Å². The third kappa shape index (κ3) is 1.99. The van der Waals surface area contributed by atoms with E-state index in [0.717, 1.165) is 5.56 Å². The van der Waals surface area contributed by atoms with Crippen LogP contribution < -0.4 is 0 Å². The molecule has 3 nitrogen and oxygen atoms in total. The molecule has 0 spiro atoms. The fraction of sp³-hybridized carbons (Fsp3) is 0.308. The summed E-state index contributed by atoms with van der Waals surface area (Å²) in [7, 11) is 0. The molecule has 0 atom stereocenters. The lowest BCUT2D eigenvalue weighted by Crippen LogP contribution is -2.01. The van der Waals surface area contributed by atoms with Gasteiger partial charge in [0.15, 0.2) is 0 Å². The molecule has 0 radical (unpaired) electrons. The monoisotopic (exact) mass is 216 g/mol. The van der Waals surface area contributed by atoms with Crippen LogP contribution in [0.15, 0.2) is 30.6 Å². The minimum Gasteiger partial charge on any atom is -0.394 e. The largest absolute Gasteiger partial charge is 0.394 e. The van der Waals surface area contributed by atoms with E-state index >= 15 is 0 Å². The predicted octanol–water partition coefficient (Wildman–Crippen LogP) is 2.16. The standard InChI is InChI=1S/C13H16N2O/c1-10-4-3-5-13(11(10)2)12-8-14-15(9-12)6-7-16/h3-5,8-9,16H,6-7H2,1-2H3. The molecule has 3 heteroatoms. The van der Waals surface area contributed by atoms with Gasteiger partial charge >= 0.3 is 0 Å². The fourth-order valence-electron chi connectivity index (χ4n) is 1.79. The number of nitrogens with zero attached hydrogens (tertiary/aromatic N) is 2. The Balaban J connectivity index is 2.39. The molecule has 2 aromatic rings. The lowest BCUT2D eigenvalue weighted by atomic mass is 10.00. The lowest BCUT2D eigenvalue weighted by molar-refractivity contribution is 0.269. The van der Waals surface area contributed by atoms with Crippen molar-refractivity contribution in [1.29, 1.82) is 0 Å². The Hall–Kier alpha value is -1.61. The number of aliphatic hydroxyl groups excluding tert-OH is 1. The van der Waals surface area contributed by atoms with E-state index < -0.39 is 0 Å². The summed E-state index contributed by atoms with van der Waals surface area (Å²) in [6.45, 7) is 4.89. The molecule has 2 rings (SSSR count). The van der Waals surface area contributed by atoms with E-state index in [9.17, 15) is 0 Å². The van der Waals surface area contributed by atoms with E-state index in [0.29, 0.717) is 6.54 Å². The fourth-order valence-corrected chi connectivity index (χ4v) is 1.79. The molecule has 0 saturated heterocycles. The van der Waals surface area contributed by atoms with Crippen molar-refractivity contribution in [2.24, 2.45) is 0 Å². The summed E-state index contributed by atoms with van der Waals surface area (Å²) in [5.74, 6) is 0. The van der Waals surface area contributed by atoms with E-state index in [2.05, 4.69) is 37.1 Å². The highest BCUT2D eigenvalue weighted by Crippen LogP contribution is 2.24. The Kier molecular flexibility index (Phi) is 3.06. The Morgan fingerprint density at radius 2 is 2.12 bits per heavy atom. The summed E-state index contributed by atoms with van der Waals surface area (Å²) < 4.78 is 1.76. The molecule has 0 bridgehead atoms. The molecule has 84 valence electrons. The molecule has 0 unspecified atom stereocenters. The zero-order chi connectivity index (χ0) is 11.5. The molecule has 16 heavy (non-hydrogen) atoms. The van der Waals surface area contributed by atoms with Crippen LogP contribution >= 0.6 is 0 Å². The first-order chi connectivity index (χ1) is 7.72. The topological polar surface area (TPSA) is 38.0 Å². The van der Waals surface area contributed by atoms with Gasteiger partial charge in [0, 0.05) is 11.8 Å².